The first-order chi connectivity index (χ1) is 9.06. The molecule has 1 amide bonds. The van der Waals surface area contributed by atoms with Crippen LogP contribution in [0.3, 0.4) is 0 Å². The lowest BCUT2D eigenvalue weighted by Gasteiger charge is -2.14. The van der Waals surface area contributed by atoms with E-state index in [2.05, 4.69) is 10.6 Å². The number of Topliss-reactive ketones (excluding diaryl/α,β-unsaturated/α-hetero) is 1. The van der Waals surface area contributed by atoms with E-state index in [-0.39, 0.29) is 17.7 Å². The molecule has 5 heteroatoms. The zero-order chi connectivity index (χ0) is 14.3. The Hall–Kier alpha value is -1.88. The van der Waals surface area contributed by atoms with Gasteiger partial charge < -0.3 is 15.4 Å². The number of nitrogens with one attached hydrogen (secondary N) is 2. The Morgan fingerprint density at radius 1 is 1.26 bits per heavy atom. The molecule has 0 saturated heterocycles. The van der Waals surface area contributed by atoms with Gasteiger partial charge in [-0.3, -0.25) is 9.59 Å². The second kappa shape index (κ2) is 7.53. The van der Waals surface area contributed by atoms with Crippen LogP contribution in [0.1, 0.15) is 24.2 Å². The van der Waals surface area contributed by atoms with Crippen molar-refractivity contribution in [1.82, 2.24) is 10.6 Å². The molecule has 0 aliphatic heterocycles. The number of rotatable bonds is 7. The van der Waals surface area contributed by atoms with E-state index >= 15 is 0 Å². The van der Waals surface area contributed by atoms with Gasteiger partial charge in [0.2, 0.25) is 5.91 Å². The summed E-state index contributed by atoms with van der Waals surface area (Å²) in [5, 5.41) is 5.73. The number of carbonyl (C=O) groups excluding carboxylic acids is 2. The predicted molar refractivity (Wildman–Crippen MR) is 73.5 cm³/mol. The largest absolute Gasteiger partial charge is 0.496 e. The summed E-state index contributed by atoms with van der Waals surface area (Å²) in [6.45, 7) is 4.30. The zero-order valence-corrected chi connectivity index (χ0v) is 11.5. The molecule has 0 aromatic heterocycles. The van der Waals surface area contributed by atoms with Gasteiger partial charge in [0.15, 0.2) is 5.78 Å². The van der Waals surface area contributed by atoms with Crippen molar-refractivity contribution in [3.63, 3.8) is 0 Å². The van der Waals surface area contributed by atoms with Crippen LogP contribution >= 0.6 is 0 Å². The molecule has 0 saturated carbocycles. The van der Waals surface area contributed by atoms with E-state index in [1.54, 1.807) is 32.2 Å². The highest BCUT2D eigenvalue weighted by Crippen LogP contribution is 2.18. The molecule has 2 N–H and O–H groups in total. The third-order valence-electron chi connectivity index (χ3n) is 2.72. The van der Waals surface area contributed by atoms with E-state index in [4.69, 9.17) is 4.74 Å². The molecule has 1 aromatic rings. The van der Waals surface area contributed by atoms with Gasteiger partial charge in [0.25, 0.3) is 0 Å². The fourth-order valence-corrected chi connectivity index (χ4v) is 1.70. The van der Waals surface area contributed by atoms with Crippen molar-refractivity contribution >= 4 is 11.7 Å². The maximum Gasteiger partial charge on any atom is 0.216 e. The molecule has 1 aromatic carbocycles. The van der Waals surface area contributed by atoms with Gasteiger partial charge in [-0.2, -0.15) is 0 Å². The van der Waals surface area contributed by atoms with Crippen LogP contribution in [0.2, 0.25) is 0 Å². The average molecular weight is 264 g/mol. The Kier molecular flexibility index (Phi) is 6.02. The smallest absolute Gasteiger partial charge is 0.216 e. The normalized spacial score (nSPS) is 11.7. The summed E-state index contributed by atoms with van der Waals surface area (Å²) in [5.41, 5.74) is 0.560. The maximum absolute atomic E-state index is 12.2. The van der Waals surface area contributed by atoms with Crippen molar-refractivity contribution in [2.75, 3.05) is 20.2 Å². The van der Waals surface area contributed by atoms with Gasteiger partial charge in [-0.15, -0.1) is 0 Å². The van der Waals surface area contributed by atoms with E-state index in [1.807, 2.05) is 6.07 Å². The molecule has 0 aliphatic carbocycles. The van der Waals surface area contributed by atoms with E-state index < -0.39 is 0 Å². The summed E-state index contributed by atoms with van der Waals surface area (Å²) in [6.07, 6.45) is 0. The molecule has 0 heterocycles. The average Bonchev–Trinajstić information content (AvgIpc) is 2.42. The molecule has 104 valence electrons. The highest BCUT2D eigenvalue weighted by Gasteiger charge is 2.17. The topological polar surface area (TPSA) is 67.4 Å². The van der Waals surface area contributed by atoms with Crippen molar-refractivity contribution < 1.29 is 14.3 Å². The van der Waals surface area contributed by atoms with Crippen LogP contribution in [0.4, 0.5) is 0 Å². The van der Waals surface area contributed by atoms with Crippen molar-refractivity contribution in [1.29, 1.82) is 0 Å². The lowest BCUT2D eigenvalue weighted by molar-refractivity contribution is -0.118. The van der Waals surface area contributed by atoms with Crippen LogP contribution in [0.25, 0.3) is 0 Å². The summed E-state index contributed by atoms with van der Waals surface area (Å²) < 4.78 is 5.17. The number of para-hydroxylation sites is 1. The first kappa shape index (κ1) is 15.2. The lowest BCUT2D eigenvalue weighted by Crippen LogP contribution is -2.39. The number of amides is 1. The summed E-state index contributed by atoms with van der Waals surface area (Å²) in [5.74, 6) is 0.466. The Bertz CT molecular complexity index is 446. The van der Waals surface area contributed by atoms with Crippen molar-refractivity contribution in [2.45, 2.75) is 19.9 Å². The third-order valence-corrected chi connectivity index (χ3v) is 2.72. The number of carbonyl (C=O) groups is 2. The minimum atomic E-state index is -0.329. The fourth-order valence-electron chi connectivity index (χ4n) is 1.70. The minimum absolute atomic E-state index is 0.0275. The number of ether oxygens (including phenoxy) is 1. The standard InChI is InChI=1S/C14H20N2O3/c1-10(15-8-9-16-11(2)17)14(18)12-6-4-5-7-13(12)19-3/h4-7,10,15H,8-9H2,1-3H3,(H,16,17). The summed E-state index contributed by atoms with van der Waals surface area (Å²) in [4.78, 5) is 22.9. The van der Waals surface area contributed by atoms with Crippen LogP contribution in [-0.4, -0.2) is 37.9 Å². The Morgan fingerprint density at radius 3 is 2.58 bits per heavy atom. The van der Waals surface area contributed by atoms with E-state index in [0.29, 0.717) is 24.4 Å². The number of benzene rings is 1. The molecule has 0 fully saturated rings. The predicted octanol–water partition coefficient (Wildman–Crippen LogP) is 0.992. The molecule has 1 rings (SSSR count). The first-order valence-corrected chi connectivity index (χ1v) is 6.21. The van der Waals surface area contributed by atoms with Crippen molar-refractivity contribution in [3.8, 4) is 5.75 Å². The molecule has 1 atom stereocenters. The van der Waals surface area contributed by atoms with Gasteiger partial charge in [-0.1, -0.05) is 12.1 Å². The van der Waals surface area contributed by atoms with Crippen LogP contribution in [0.15, 0.2) is 24.3 Å². The van der Waals surface area contributed by atoms with Gasteiger partial charge in [-0.05, 0) is 19.1 Å². The van der Waals surface area contributed by atoms with Gasteiger partial charge in [0.1, 0.15) is 5.75 Å². The highest BCUT2D eigenvalue weighted by atomic mass is 16.5. The Balaban J connectivity index is 2.54. The third kappa shape index (κ3) is 4.71. The van der Waals surface area contributed by atoms with Crippen LogP contribution in [0, 0.1) is 0 Å². The summed E-state index contributed by atoms with van der Waals surface area (Å²) >= 11 is 0. The molecule has 0 bridgehead atoms. The monoisotopic (exact) mass is 264 g/mol. The Labute approximate surface area is 113 Å². The number of hydrogen-bond donors (Lipinski definition) is 2. The molecule has 0 spiro atoms. The van der Waals surface area contributed by atoms with E-state index in [0.717, 1.165) is 0 Å². The Morgan fingerprint density at radius 2 is 1.95 bits per heavy atom. The molecular weight excluding hydrogens is 244 g/mol. The van der Waals surface area contributed by atoms with Crippen LogP contribution < -0.4 is 15.4 Å². The van der Waals surface area contributed by atoms with Gasteiger partial charge in [0.05, 0.1) is 18.7 Å². The molecule has 19 heavy (non-hydrogen) atoms. The van der Waals surface area contributed by atoms with Crippen molar-refractivity contribution in [3.05, 3.63) is 29.8 Å². The maximum atomic E-state index is 12.2. The highest BCUT2D eigenvalue weighted by molar-refractivity contribution is 6.02. The van der Waals surface area contributed by atoms with Crippen LogP contribution in [0.5, 0.6) is 5.75 Å². The molecule has 0 aliphatic rings. The fraction of sp³-hybridized carbons (Fsp3) is 0.429. The molecule has 1 unspecified atom stereocenters. The second-order valence-corrected chi connectivity index (χ2v) is 4.22. The van der Waals surface area contributed by atoms with Crippen molar-refractivity contribution in [2.24, 2.45) is 0 Å². The van der Waals surface area contributed by atoms with Gasteiger partial charge in [-0.25, -0.2) is 0 Å². The van der Waals surface area contributed by atoms with Gasteiger partial charge in [0, 0.05) is 20.0 Å². The minimum Gasteiger partial charge on any atom is -0.496 e. The zero-order valence-electron chi connectivity index (χ0n) is 11.5. The molecule has 5 nitrogen and oxygen atoms in total. The second-order valence-electron chi connectivity index (χ2n) is 4.22. The summed E-state index contributed by atoms with van der Waals surface area (Å²) in [6, 6.07) is 6.80. The SMILES string of the molecule is COc1ccccc1C(=O)C(C)NCCNC(C)=O. The quantitative estimate of drug-likeness (QED) is 0.569. The first-order valence-electron chi connectivity index (χ1n) is 6.21. The summed E-state index contributed by atoms with van der Waals surface area (Å²) in [7, 11) is 1.54. The van der Waals surface area contributed by atoms with E-state index in [1.165, 1.54) is 6.92 Å². The number of hydrogen-bond acceptors (Lipinski definition) is 4. The lowest BCUT2D eigenvalue weighted by atomic mass is 10.0. The molecular formula is C14H20N2O3. The number of ketones is 1. The van der Waals surface area contributed by atoms with Gasteiger partial charge >= 0.3 is 0 Å². The van der Waals surface area contributed by atoms with Crippen LogP contribution in [-0.2, 0) is 4.79 Å². The van der Waals surface area contributed by atoms with E-state index in [9.17, 15) is 9.59 Å². The molecule has 0 radical (unpaired) electrons. The number of methoxy groups -OCH3 is 1.